The number of pyridine rings is 1. The van der Waals surface area contributed by atoms with Crippen molar-refractivity contribution in [1.82, 2.24) is 9.88 Å². The fraction of sp³-hybridized carbons (Fsp3) is 0.444. The smallest absolute Gasteiger partial charge is 0.264 e. The molecule has 1 amide bonds. The summed E-state index contributed by atoms with van der Waals surface area (Å²) >= 11 is 1.63. The maximum Gasteiger partial charge on any atom is 0.264 e. The van der Waals surface area contributed by atoms with Gasteiger partial charge in [-0.2, -0.15) is 0 Å². The number of nitrogens with zero attached hydrogens (tertiary/aromatic N) is 2. The van der Waals surface area contributed by atoms with E-state index in [2.05, 4.69) is 11.9 Å². The maximum atomic E-state index is 13.0. The summed E-state index contributed by atoms with van der Waals surface area (Å²) in [5, 5.41) is 0. The van der Waals surface area contributed by atoms with Crippen molar-refractivity contribution in [3.05, 3.63) is 51.5 Å². The Balaban J connectivity index is 1.87. The van der Waals surface area contributed by atoms with E-state index in [1.165, 1.54) is 10.4 Å². The van der Waals surface area contributed by atoms with Crippen LogP contribution in [0.2, 0.25) is 0 Å². The molecule has 0 saturated heterocycles. The molecule has 0 saturated carbocycles. The number of carbonyl (C=O) groups is 1. The molecule has 1 unspecified atom stereocenters. The van der Waals surface area contributed by atoms with Crippen molar-refractivity contribution in [3.8, 4) is 0 Å². The van der Waals surface area contributed by atoms with Crippen LogP contribution in [0.15, 0.2) is 30.6 Å². The first-order valence-corrected chi connectivity index (χ1v) is 8.96. The molecule has 0 radical (unpaired) electrons. The van der Waals surface area contributed by atoms with Crippen molar-refractivity contribution in [1.29, 1.82) is 0 Å². The lowest BCUT2D eigenvalue weighted by Gasteiger charge is -2.30. The molecule has 1 aliphatic heterocycles. The second kappa shape index (κ2) is 7.23. The van der Waals surface area contributed by atoms with Gasteiger partial charge in [-0.15, -0.1) is 11.3 Å². The Bertz CT molecular complexity index is 645. The van der Waals surface area contributed by atoms with E-state index in [1.807, 2.05) is 30.0 Å². The quantitative estimate of drug-likeness (QED) is 0.837. The Hall–Kier alpha value is -1.72. The van der Waals surface area contributed by atoms with Crippen LogP contribution >= 0.6 is 11.3 Å². The number of carbonyl (C=O) groups excluding carboxylic acids is 1. The summed E-state index contributed by atoms with van der Waals surface area (Å²) < 4.78 is 5.49. The predicted octanol–water partition coefficient (Wildman–Crippen LogP) is 3.83. The monoisotopic (exact) mass is 330 g/mol. The average Bonchev–Trinajstić information content (AvgIpc) is 3.04. The lowest BCUT2D eigenvalue weighted by atomic mass is 10.0. The van der Waals surface area contributed by atoms with Crippen LogP contribution in [0.3, 0.4) is 0 Å². The fourth-order valence-electron chi connectivity index (χ4n) is 3.12. The number of ether oxygens (including phenoxy) is 1. The van der Waals surface area contributed by atoms with Crippen molar-refractivity contribution in [2.24, 2.45) is 0 Å². The predicted molar refractivity (Wildman–Crippen MR) is 91.7 cm³/mol. The normalized spacial score (nSPS) is 15.0. The van der Waals surface area contributed by atoms with Crippen LogP contribution in [-0.4, -0.2) is 28.9 Å². The zero-order valence-electron chi connectivity index (χ0n) is 13.6. The molecule has 0 spiro atoms. The molecule has 1 atom stereocenters. The topological polar surface area (TPSA) is 42.4 Å². The van der Waals surface area contributed by atoms with Gasteiger partial charge in [0.1, 0.15) is 0 Å². The van der Waals surface area contributed by atoms with Crippen molar-refractivity contribution >= 4 is 17.2 Å². The zero-order chi connectivity index (χ0) is 16.2. The van der Waals surface area contributed by atoms with E-state index in [0.29, 0.717) is 13.2 Å². The highest BCUT2D eigenvalue weighted by Gasteiger charge is 2.26. The summed E-state index contributed by atoms with van der Waals surface area (Å²) in [7, 11) is 0. The molecule has 122 valence electrons. The molecular formula is C18H22N2O2S. The van der Waals surface area contributed by atoms with Gasteiger partial charge in [0, 0.05) is 30.2 Å². The summed E-state index contributed by atoms with van der Waals surface area (Å²) in [5.41, 5.74) is 2.32. The van der Waals surface area contributed by atoms with Crippen molar-refractivity contribution in [2.45, 2.75) is 39.3 Å². The minimum atomic E-state index is 0.0888. The van der Waals surface area contributed by atoms with E-state index in [9.17, 15) is 4.79 Å². The first kappa shape index (κ1) is 16.1. The second-order valence-electron chi connectivity index (χ2n) is 5.66. The van der Waals surface area contributed by atoms with Crippen molar-refractivity contribution in [2.75, 3.05) is 13.2 Å². The highest BCUT2D eigenvalue weighted by molar-refractivity contribution is 7.14. The minimum Gasteiger partial charge on any atom is -0.376 e. The van der Waals surface area contributed by atoms with Gasteiger partial charge in [-0.25, -0.2) is 0 Å². The van der Waals surface area contributed by atoms with Gasteiger partial charge >= 0.3 is 0 Å². The van der Waals surface area contributed by atoms with E-state index >= 15 is 0 Å². The van der Waals surface area contributed by atoms with Gasteiger partial charge in [0.25, 0.3) is 5.91 Å². The van der Waals surface area contributed by atoms with E-state index in [4.69, 9.17) is 4.74 Å². The van der Waals surface area contributed by atoms with E-state index in [1.54, 1.807) is 23.7 Å². The number of hydrogen-bond acceptors (Lipinski definition) is 4. The molecule has 3 rings (SSSR count). The molecule has 2 aromatic heterocycles. The van der Waals surface area contributed by atoms with Crippen LogP contribution in [0.4, 0.5) is 0 Å². The van der Waals surface area contributed by atoms with Crippen LogP contribution in [-0.2, 0) is 17.8 Å². The summed E-state index contributed by atoms with van der Waals surface area (Å²) in [5.74, 6) is 0.121. The number of thiophene rings is 1. The molecule has 0 aromatic carbocycles. The molecule has 0 N–H and O–H groups in total. The Morgan fingerprint density at radius 2 is 2.17 bits per heavy atom. The van der Waals surface area contributed by atoms with Crippen LogP contribution in [0.5, 0.6) is 0 Å². The number of aromatic nitrogens is 1. The van der Waals surface area contributed by atoms with Crippen molar-refractivity contribution in [3.63, 3.8) is 0 Å². The van der Waals surface area contributed by atoms with Crippen LogP contribution in [0.1, 0.15) is 52.0 Å². The maximum absolute atomic E-state index is 13.0. The van der Waals surface area contributed by atoms with Crippen molar-refractivity contribution < 1.29 is 9.53 Å². The Morgan fingerprint density at radius 3 is 2.83 bits per heavy atom. The molecule has 0 fully saturated rings. The third-order valence-corrected chi connectivity index (χ3v) is 5.52. The minimum absolute atomic E-state index is 0.0888. The average molecular weight is 330 g/mol. The SMILES string of the molecule is CCC(c1ccncc1)N(CC)C(=O)c1cc2c(s1)CCOC2. The summed E-state index contributed by atoms with van der Waals surface area (Å²) in [6, 6.07) is 6.10. The largest absolute Gasteiger partial charge is 0.376 e. The molecule has 2 aromatic rings. The lowest BCUT2D eigenvalue weighted by molar-refractivity contribution is 0.0687. The molecule has 3 heterocycles. The molecule has 4 nitrogen and oxygen atoms in total. The Morgan fingerprint density at radius 1 is 1.39 bits per heavy atom. The molecule has 23 heavy (non-hydrogen) atoms. The van der Waals surface area contributed by atoms with E-state index in [-0.39, 0.29) is 11.9 Å². The zero-order valence-corrected chi connectivity index (χ0v) is 14.4. The second-order valence-corrected chi connectivity index (χ2v) is 6.79. The first-order valence-electron chi connectivity index (χ1n) is 8.14. The molecule has 5 heteroatoms. The van der Waals surface area contributed by atoms with Gasteiger partial charge in [0.05, 0.1) is 24.1 Å². The first-order chi connectivity index (χ1) is 11.2. The number of fused-ring (bicyclic) bond motifs is 1. The Labute approximate surface area is 141 Å². The van der Waals surface area contributed by atoms with Crippen LogP contribution in [0.25, 0.3) is 0 Å². The molecule has 0 aliphatic carbocycles. The van der Waals surface area contributed by atoms with Gasteiger partial charge in [-0.1, -0.05) is 6.92 Å². The van der Waals surface area contributed by atoms with Gasteiger partial charge in [-0.3, -0.25) is 9.78 Å². The van der Waals surface area contributed by atoms with Crippen LogP contribution < -0.4 is 0 Å². The van der Waals surface area contributed by atoms with Gasteiger partial charge < -0.3 is 9.64 Å². The third-order valence-electron chi connectivity index (χ3n) is 4.29. The standard InChI is InChI=1S/C18H22N2O2S/c1-3-15(13-5-8-19-9-6-13)20(4-2)18(21)17-11-14-12-22-10-7-16(14)23-17/h5-6,8-9,11,15H,3-4,7,10,12H2,1-2H3. The Kier molecular flexibility index (Phi) is 5.08. The fourth-order valence-corrected chi connectivity index (χ4v) is 4.23. The third kappa shape index (κ3) is 3.31. The summed E-state index contributed by atoms with van der Waals surface area (Å²) in [6.45, 7) is 6.24. The van der Waals surface area contributed by atoms with Crippen LogP contribution in [0, 0.1) is 0 Å². The van der Waals surface area contributed by atoms with Gasteiger partial charge in [0.15, 0.2) is 0 Å². The van der Waals surface area contributed by atoms with Gasteiger partial charge in [-0.05, 0) is 42.7 Å². The van der Waals surface area contributed by atoms with E-state index in [0.717, 1.165) is 29.9 Å². The summed E-state index contributed by atoms with van der Waals surface area (Å²) in [6.07, 6.45) is 5.38. The highest BCUT2D eigenvalue weighted by Crippen LogP contribution is 2.31. The number of amides is 1. The van der Waals surface area contributed by atoms with E-state index < -0.39 is 0 Å². The highest BCUT2D eigenvalue weighted by atomic mass is 32.1. The van der Waals surface area contributed by atoms with Gasteiger partial charge in [0.2, 0.25) is 0 Å². The lowest BCUT2D eigenvalue weighted by Crippen LogP contribution is -2.34. The molecular weight excluding hydrogens is 308 g/mol. The summed E-state index contributed by atoms with van der Waals surface area (Å²) in [4.78, 5) is 21.2. The number of hydrogen-bond donors (Lipinski definition) is 0. The molecule has 1 aliphatic rings. The molecule has 0 bridgehead atoms. The number of rotatable bonds is 5.